The summed E-state index contributed by atoms with van der Waals surface area (Å²) in [6.45, 7) is -0.581. The summed E-state index contributed by atoms with van der Waals surface area (Å²) < 4.78 is 17.1. The van der Waals surface area contributed by atoms with Gasteiger partial charge in [0.25, 0.3) is 0 Å². The Kier molecular flexibility index (Phi) is 2.97. The highest BCUT2D eigenvalue weighted by Gasteiger charge is 2.43. The number of halogens is 1. The minimum absolute atomic E-state index is 0.581. The van der Waals surface area contributed by atoms with Crippen LogP contribution in [-0.2, 0) is 4.74 Å². The summed E-state index contributed by atoms with van der Waals surface area (Å²) in [5, 5.41) is 35.3. The fourth-order valence-electron chi connectivity index (χ4n) is 1.06. The average Bonchev–Trinajstić information content (AvgIpc) is 2.08. The van der Waals surface area contributed by atoms with E-state index in [4.69, 9.17) is 20.4 Å². The predicted octanol–water partition coefficient (Wildman–Crippen LogP) is -2.24. The molecule has 0 radical (unpaired) electrons. The van der Waals surface area contributed by atoms with Crippen LogP contribution in [0, 0.1) is 0 Å². The third-order valence-electron chi connectivity index (χ3n) is 1.82. The van der Waals surface area contributed by atoms with Crippen LogP contribution in [0.4, 0.5) is 4.39 Å². The molecule has 72 valence electrons. The normalized spacial score (nSPS) is 49.2. The molecule has 6 heteroatoms. The van der Waals surface area contributed by atoms with Crippen molar-refractivity contribution in [2.45, 2.75) is 30.8 Å². The van der Waals surface area contributed by atoms with Crippen LogP contribution in [0.2, 0.25) is 0 Å². The third kappa shape index (κ3) is 1.57. The van der Waals surface area contributed by atoms with Gasteiger partial charge in [0.2, 0.25) is 0 Å². The molecule has 5 atom stereocenters. The first-order valence-electron chi connectivity index (χ1n) is 3.52. The lowest BCUT2D eigenvalue weighted by Crippen LogP contribution is -2.56. The van der Waals surface area contributed by atoms with E-state index in [-0.39, 0.29) is 0 Å². The molecule has 0 aromatic rings. The molecular weight excluding hydrogens is 171 g/mol. The zero-order valence-corrected chi connectivity index (χ0v) is 6.17. The number of hydrogen-bond acceptors (Lipinski definition) is 5. The second-order valence-corrected chi connectivity index (χ2v) is 2.67. The molecule has 1 rings (SSSR count). The molecule has 0 aromatic carbocycles. The summed E-state index contributed by atoms with van der Waals surface area (Å²) >= 11 is 0. The Morgan fingerprint density at radius 1 is 1.17 bits per heavy atom. The van der Waals surface area contributed by atoms with Crippen molar-refractivity contribution in [2.24, 2.45) is 0 Å². The minimum atomic E-state index is -2.04. The monoisotopic (exact) mass is 182 g/mol. The fraction of sp³-hybridized carbons (Fsp3) is 1.00. The number of aliphatic hydroxyl groups excluding tert-OH is 4. The van der Waals surface area contributed by atoms with Crippen molar-refractivity contribution in [1.82, 2.24) is 0 Å². The van der Waals surface area contributed by atoms with Crippen molar-refractivity contribution in [3.8, 4) is 0 Å². The third-order valence-corrected chi connectivity index (χ3v) is 1.82. The van der Waals surface area contributed by atoms with E-state index in [9.17, 15) is 4.39 Å². The van der Waals surface area contributed by atoms with Gasteiger partial charge >= 0.3 is 0 Å². The van der Waals surface area contributed by atoms with Gasteiger partial charge in [0.1, 0.15) is 18.3 Å². The molecule has 1 fully saturated rings. The quantitative estimate of drug-likeness (QED) is 0.368. The van der Waals surface area contributed by atoms with E-state index in [0.29, 0.717) is 0 Å². The number of hydrogen-bond donors (Lipinski definition) is 4. The van der Waals surface area contributed by atoms with Gasteiger partial charge in [0.15, 0.2) is 12.5 Å². The summed E-state index contributed by atoms with van der Waals surface area (Å²) in [6, 6.07) is 0. The Labute approximate surface area is 68.0 Å². The second-order valence-electron chi connectivity index (χ2n) is 2.67. The summed E-state index contributed by atoms with van der Waals surface area (Å²) in [4.78, 5) is 0. The lowest BCUT2D eigenvalue weighted by Gasteiger charge is -2.36. The van der Waals surface area contributed by atoms with Gasteiger partial charge < -0.3 is 25.2 Å². The second kappa shape index (κ2) is 3.63. The van der Waals surface area contributed by atoms with Crippen LogP contribution in [-0.4, -0.2) is 57.8 Å². The average molecular weight is 182 g/mol. The Balaban J connectivity index is 2.63. The maximum absolute atomic E-state index is 12.7. The highest BCUT2D eigenvalue weighted by atomic mass is 19.1. The van der Waals surface area contributed by atoms with Crippen molar-refractivity contribution in [2.75, 3.05) is 6.61 Å². The first kappa shape index (κ1) is 9.82. The molecule has 0 bridgehead atoms. The molecule has 1 aliphatic rings. The zero-order chi connectivity index (χ0) is 9.30. The largest absolute Gasteiger partial charge is 0.394 e. The van der Waals surface area contributed by atoms with E-state index < -0.39 is 37.4 Å². The van der Waals surface area contributed by atoms with Gasteiger partial charge in [-0.25, -0.2) is 4.39 Å². The van der Waals surface area contributed by atoms with Crippen LogP contribution in [0.5, 0.6) is 0 Å². The molecule has 1 saturated heterocycles. The van der Waals surface area contributed by atoms with E-state index in [2.05, 4.69) is 4.74 Å². The molecule has 1 heterocycles. The van der Waals surface area contributed by atoms with Gasteiger partial charge in [0.05, 0.1) is 6.61 Å². The Hall–Kier alpha value is -0.270. The lowest BCUT2D eigenvalue weighted by atomic mass is 10.0. The summed E-state index contributed by atoms with van der Waals surface area (Å²) in [5.74, 6) is 0. The molecule has 0 aromatic heterocycles. The highest BCUT2D eigenvalue weighted by molar-refractivity contribution is 4.88. The van der Waals surface area contributed by atoms with Crippen LogP contribution >= 0.6 is 0 Å². The van der Waals surface area contributed by atoms with E-state index >= 15 is 0 Å². The molecule has 0 spiro atoms. The minimum Gasteiger partial charge on any atom is -0.394 e. The molecule has 4 N–H and O–H groups in total. The smallest absolute Gasteiger partial charge is 0.189 e. The van der Waals surface area contributed by atoms with Crippen LogP contribution in [0.3, 0.4) is 0 Å². The van der Waals surface area contributed by atoms with Gasteiger partial charge in [-0.2, -0.15) is 0 Å². The molecule has 5 nitrogen and oxygen atoms in total. The SMILES string of the molecule is OCC1OC(O)C(F)[C@@H](O)[C@@H]1O. The zero-order valence-electron chi connectivity index (χ0n) is 6.17. The topological polar surface area (TPSA) is 90.2 Å². The maximum Gasteiger partial charge on any atom is 0.189 e. The molecule has 12 heavy (non-hydrogen) atoms. The van der Waals surface area contributed by atoms with Crippen LogP contribution in [0.1, 0.15) is 0 Å². The van der Waals surface area contributed by atoms with Crippen molar-refractivity contribution >= 4 is 0 Å². The molecule has 0 aliphatic carbocycles. The van der Waals surface area contributed by atoms with E-state index in [1.54, 1.807) is 0 Å². The molecule has 3 unspecified atom stereocenters. The van der Waals surface area contributed by atoms with Gasteiger partial charge in [-0.1, -0.05) is 0 Å². The number of alkyl halides is 1. The standard InChI is InChI=1S/C6H11FO5/c7-3-5(10)4(9)2(1-8)12-6(3)11/h2-6,8-11H,1H2/t2?,3?,4-,5-,6?/m1/s1. The highest BCUT2D eigenvalue weighted by Crippen LogP contribution is 2.21. The first-order chi connectivity index (χ1) is 5.57. The fourth-order valence-corrected chi connectivity index (χ4v) is 1.06. The van der Waals surface area contributed by atoms with Gasteiger partial charge in [0, 0.05) is 0 Å². The molecular formula is C6H11FO5. The predicted molar refractivity (Wildman–Crippen MR) is 34.9 cm³/mol. The number of ether oxygens (including phenoxy) is 1. The molecule has 0 amide bonds. The van der Waals surface area contributed by atoms with Crippen molar-refractivity contribution in [1.29, 1.82) is 0 Å². The molecule has 0 saturated carbocycles. The lowest BCUT2D eigenvalue weighted by molar-refractivity contribution is -0.271. The molecule has 1 aliphatic heterocycles. The van der Waals surface area contributed by atoms with Crippen LogP contribution in [0.25, 0.3) is 0 Å². The van der Waals surface area contributed by atoms with E-state index in [0.717, 1.165) is 0 Å². The van der Waals surface area contributed by atoms with Crippen molar-refractivity contribution in [3.63, 3.8) is 0 Å². The van der Waals surface area contributed by atoms with Gasteiger partial charge in [-0.3, -0.25) is 0 Å². The van der Waals surface area contributed by atoms with Gasteiger partial charge in [-0.15, -0.1) is 0 Å². The maximum atomic E-state index is 12.7. The Morgan fingerprint density at radius 3 is 2.25 bits per heavy atom. The number of aliphatic hydroxyl groups is 4. The van der Waals surface area contributed by atoms with Crippen molar-refractivity contribution in [3.05, 3.63) is 0 Å². The summed E-state index contributed by atoms with van der Waals surface area (Å²) in [6.07, 6.45) is -8.19. The Bertz CT molecular complexity index is 150. The van der Waals surface area contributed by atoms with E-state index in [1.807, 2.05) is 0 Å². The van der Waals surface area contributed by atoms with E-state index in [1.165, 1.54) is 0 Å². The summed E-state index contributed by atoms with van der Waals surface area (Å²) in [7, 11) is 0. The van der Waals surface area contributed by atoms with Gasteiger partial charge in [-0.05, 0) is 0 Å². The first-order valence-corrected chi connectivity index (χ1v) is 3.52. The van der Waals surface area contributed by atoms with Crippen LogP contribution in [0.15, 0.2) is 0 Å². The van der Waals surface area contributed by atoms with Crippen LogP contribution < -0.4 is 0 Å². The summed E-state index contributed by atoms with van der Waals surface area (Å²) in [5.41, 5.74) is 0. The Morgan fingerprint density at radius 2 is 1.75 bits per heavy atom. The van der Waals surface area contributed by atoms with Crippen molar-refractivity contribution < 1.29 is 29.6 Å². The number of rotatable bonds is 1.